The largest absolute Gasteiger partial charge is 0.481 e. The molecule has 1 aliphatic rings. The zero-order valence-corrected chi connectivity index (χ0v) is 10.3. The van der Waals surface area contributed by atoms with Gasteiger partial charge in [0.1, 0.15) is 5.76 Å². The van der Waals surface area contributed by atoms with Crippen molar-refractivity contribution in [2.45, 2.75) is 45.4 Å². The van der Waals surface area contributed by atoms with E-state index in [4.69, 9.17) is 4.42 Å². The normalized spacial score (nSPS) is 29.1. The Labute approximate surface area is 102 Å². The number of rotatable bonds is 4. The Kier molecular flexibility index (Phi) is 3.55. The number of aliphatic carboxylic acids is 1. The lowest BCUT2D eigenvalue weighted by molar-refractivity contribution is -0.152. The lowest BCUT2D eigenvalue weighted by Gasteiger charge is -2.36. The molecule has 0 aromatic carbocycles. The molecule has 1 saturated carbocycles. The summed E-state index contributed by atoms with van der Waals surface area (Å²) in [6.45, 7) is 2.19. The minimum absolute atomic E-state index is 0.533. The smallest absolute Gasteiger partial charge is 0.310 e. The summed E-state index contributed by atoms with van der Waals surface area (Å²) >= 11 is 0. The first kappa shape index (κ1) is 12.2. The van der Waals surface area contributed by atoms with Crippen LogP contribution in [0, 0.1) is 11.3 Å². The Morgan fingerprint density at radius 2 is 2.24 bits per heavy atom. The molecule has 1 N–H and O–H groups in total. The Morgan fingerprint density at radius 1 is 1.53 bits per heavy atom. The van der Waals surface area contributed by atoms with Gasteiger partial charge in [0, 0.05) is 6.42 Å². The topological polar surface area (TPSA) is 50.4 Å². The van der Waals surface area contributed by atoms with Crippen LogP contribution >= 0.6 is 0 Å². The van der Waals surface area contributed by atoms with Crippen LogP contribution in [0.2, 0.25) is 0 Å². The fourth-order valence-electron chi connectivity index (χ4n) is 2.85. The SMILES string of the molecule is CCC1CCC(Cc2ccco2)(C(=O)O)CC1. The molecular weight excluding hydrogens is 216 g/mol. The first-order chi connectivity index (χ1) is 8.16. The van der Waals surface area contributed by atoms with Crippen molar-refractivity contribution in [3.8, 4) is 0 Å². The van der Waals surface area contributed by atoms with Crippen LogP contribution in [0.3, 0.4) is 0 Å². The second kappa shape index (κ2) is 4.94. The van der Waals surface area contributed by atoms with E-state index in [2.05, 4.69) is 6.92 Å². The van der Waals surface area contributed by atoms with Gasteiger partial charge in [0.2, 0.25) is 0 Å². The van der Waals surface area contributed by atoms with Gasteiger partial charge in [-0.1, -0.05) is 13.3 Å². The molecule has 0 bridgehead atoms. The van der Waals surface area contributed by atoms with Gasteiger partial charge in [-0.2, -0.15) is 0 Å². The molecule has 94 valence electrons. The van der Waals surface area contributed by atoms with Crippen LogP contribution in [0.15, 0.2) is 22.8 Å². The highest BCUT2D eigenvalue weighted by molar-refractivity contribution is 5.75. The molecule has 0 spiro atoms. The number of hydrogen-bond donors (Lipinski definition) is 1. The summed E-state index contributed by atoms with van der Waals surface area (Å²) in [4.78, 5) is 11.6. The number of carboxylic acid groups (broad SMARTS) is 1. The van der Waals surface area contributed by atoms with E-state index in [1.54, 1.807) is 6.26 Å². The molecule has 2 rings (SSSR count). The summed E-state index contributed by atoms with van der Waals surface area (Å²) < 4.78 is 5.30. The van der Waals surface area contributed by atoms with Crippen LogP contribution in [-0.4, -0.2) is 11.1 Å². The zero-order valence-electron chi connectivity index (χ0n) is 10.3. The average Bonchev–Trinajstić information content (AvgIpc) is 2.82. The van der Waals surface area contributed by atoms with E-state index in [1.807, 2.05) is 12.1 Å². The van der Waals surface area contributed by atoms with Crippen LogP contribution in [0.1, 0.15) is 44.8 Å². The van der Waals surface area contributed by atoms with E-state index in [-0.39, 0.29) is 0 Å². The summed E-state index contributed by atoms with van der Waals surface area (Å²) in [6, 6.07) is 3.69. The maximum Gasteiger partial charge on any atom is 0.310 e. The molecule has 1 heterocycles. The van der Waals surface area contributed by atoms with Crippen LogP contribution in [0.5, 0.6) is 0 Å². The van der Waals surface area contributed by atoms with Crippen LogP contribution in [-0.2, 0) is 11.2 Å². The second-order valence-electron chi connectivity index (χ2n) is 5.19. The second-order valence-corrected chi connectivity index (χ2v) is 5.19. The Morgan fingerprint density at radius 3 is 2.71 bits per heavy atom. The lowest BCUT2D eigenvalue weighted by atomic mass is 9.68. The minimum Gasteiger partial charge on any atom is -0.481 e. The van der Waals surface area contributed by atoms with Crippen molar-refractivity contribution in [3.05, 3.63) is 24.2 Å². The zero-order chi connectivity index (χ0) is 12.3. The molecule has 0 radical (unpaired) electrons. The third kappa shape index (κ3) is 2.54. The van der Waals surface area contributed by atoms with Crippen molar-refractivity contribution in [3.63, 3.8) is 0 Å². The lowest BCUT2D eigenvalue weighted by Crippen LogP contribution is -2.37. The van der Waals surface area contributed by atoms with Gasteiger partial charge >= 0.3 is 5.97 Å². The number of furan rings is 1. The van der Waals surface area contributed by atoms with Crippen molar-refractivity contribution in [2.75, 3.05) is 0 Å². The Hall–Kier alpha value is -1.25. The molecule has 1 aliphatic carbocycles. The van der Waals surface area contributed by atoms with Gasteiger partial charge < -0.3 is 9.52 Å². The van der Waals surface area contributed by atoms with Gasteiger partial charge in [-0.15, -0.1) is 0 Å². The summed E-state index contributed by atoms with van der Waals surface area (Å²) in [5.41, 5.74) is -0.594. The summed E-state index contributed by atoms with van der Waals surface area (Å²) in [5.74, 6) is 0.838. The molecule has 17 heavy (non-hydrogen) atoms. The minimum atomic E-state index is -0.663. The monoisotopic (exact) mass is 236 g/mol. The van der Waals surface area contributed by atoms with Crippen molar-refractivity contribution < 1.29 is 14.3 Å². The van der Waals surface area contributed by atoms with Crippen LogP contribution in [0.4, 0.5) is 0 Å². The molecular formula is C14H20O3. The fourth-order valence-corrected chi connectivity index (χ4v) is 2.85. The number of carbonyl (C=O) groups is 1. The van der Waals surface area contributed by atoms with E-state index in [9.17, 15) is 9.90 Å². The quantitative estimate of drug-likeness (QED) is 0.870. The number of carboxylic acids is 1. The first-order valence-corrected chi connectivity index (χ1v) is 6.42. The third-order valence-corrected chi connectivity index (χ3v) is 4.19. The van der Waals surface area contributed by atoms with E-state index in [0.29, 0.717) is 12.3 Å². The van der Waals surface area contributed by atoms with Crippen molar-refractivity contribution in [1.82, 2.24) is 0 Å². The van der Waals surface area contributed by atoms with Crippen LogP contribution < -0.4 is 0 Å². The molecule has 3 nitrogen and oxygen atoms in total. The summed E-state index contributed by atoms with van der Waals surface area (Å²) in [5, 5.41) is 9.50. The highest BCUT2D eigenvalue weighted by Gasteiger charge is 2.42. The van der Waals surface area contributed by atoms with Crippen molar-refractivity contribution in [2.24, 2.45) is 11.3 Å². The Bertz CT molecular complexity index is 359. The van der Waals surface area contributed by atoms with E-state index < -0.39 is 11.4 Å². The standard InChI is InChI=1S/C14H20O3/c1-2-11-5-7-14(8-6-11,13(15)16)10-12-4-3-9-17-12/h3-4,9,11H,2,5-8,10H2,1H3,(H,15,16). The summed E-state index contributed by atoms with van der Waals surface area (Å²) in [7, 11) is 0. The maximum absolute atomic E-state index is 11.6. The molecule has 0 unspecified atom stereocenters. The predicted molar refractivity (Wildman–Crippen MR) is 64.7 cm³/mol. The molecule has 0 amide bonds. The van der Waals surface area contributed by atoms with Crippen molar-refractivity contribution in [1.29, 1.82) is 0 Å². The first-order valence-electron chi connectivity index (χ1n) is 6.42. The molecule has 0 saturated heterocycles. The molecule has 1 fully saturated rings. The van der Waals surface area contributed by atoms with Gasteiger partial charge in [-0.05, 0) is 43.7 Å². The van der Waals surface area contributed by atoms with Gasteiger partial charge in [-0.3, -0.25) is 4.79 Å². The predicted octanol–water partition coefficient (Wildman–Crippen LogP) is 3.49. The van der Waals surface area contributed by atoms with E-state index in [1.165, 1.54) is 0 Å². The van der Waals surface area contributed by atoms with Crippen molar-refractivity contribution >= 4 is 5.97 Å². The molecule has 3 heteroatoms. The molecule has 1 aromatic rings. The fraction of sp³-hybridized carbons (Fsp3) is 0.643. The highest BCUT2D eigenvalue weighted by Crippen LogP contribution is 2.42. The molecule has 0 atom stereocenters. The molecule has 0 aliphatic heterocycles. The van der Waals surface area contributed by atoms with Gasteiger partial charge in [0.25, 0.3) is 0 Å². The average molecular weight is 236 g/mol. The number of hydrogen-bond acceptors (Lipinski definition) is 2. The van der Waals surface area contributed by atoms with Gasteiger partial charge in [0.05, 0.1) is 11.7 Å². The molecule has 1 aromatic heterocycles. The maximum atomic E-state index is 11.6. The van der Waals surface area contributed by atoms with Crippen LogP contribution in [0.25, 0.3) is 0 Å². The third-order valence-electron chi connectivity index (χ3n) is 4.19. The highest BCUT2D eigenvalue weighted by atomic mass is 16.4. The van der Waals surface area contributed by atoms with Gasteiger partial charge in [-0.25, -0.2) is 0 Å². The van der Waals surface area contributed by atoms with Gasteiger partial charge in [0.15, 0.2) is 0 Å². The van der Waals surface area contributed by atoms with E-state index in [0.717, 1.165) is 37.9 Å². The summed E-state index contributed by atoms with van der Waals surface area (Å²) in [6.07, 6.45) is 6.93. The Balaban J connectivity index is 2.09. The van der Waals surface area contributed by atoms with E-state index >= 15 is 0 Å².